The number of benzene rings is 1. The van der Waals surface area contributed by atoms with Crippen LogP contribution in [0.3, 0.4) is 0 Å². The Morgan fingerprint density at radius 3 is 3.08 bits per heavy atom. The number of aryl methyl sites for hydroxylation is 1. The first kappa shape index (κ1) is 14.9. The number of likely N-dealkylation sites (tertiary alicyclic amines) is 1. The molecule has 4 rings (SSSR count). The third-order valence-electron chi connectivity index (χ3n) is 4.66. The van der Waals surface area contributed by atoms with Gasteiger partial charge in [-0.15, -0.1) is 0 Å². The zero-order valence-electron chi connectivity index (χ0n) is 13.6. The Hall–Kier alpha value is -2.69. The van der Waals surface area contributed by atoms with E-state index >= 15 is 0 Å². The summed E-state index contributed by atoms with van der Waals surface area (Å²) in [6, 6.07) is 10.4. The first-order chi connectivity index (χ1) is 11.7. The van der Waals surface area contributed by atoms with Crippen molar-refractivity contribution in [2.75, 3.05) is 13.1 Å². The fraction of sp³-hybridized carbons (Fsp3) is 0.316. The maximum absolute atomic E-state index is 12.5. The number of carbonyl (C=O) groups is 1. The van der Waals surface area contributed by atoms with E-state index in [9.17, 15) is 4.79 Å². The molecule has 1 aliphatic heterocycles. The summed E-state index contributed by atoms with van der Waals surface area (Å²) in [5.74, 6) is 0.957. The highest BCUT2D eigenvalue weighted by molar-refractivity contribution is 5.92. The lowest BCUT2D eigenvalue weighted by Crippen LogP contribution is -2.29. The minimum Gasteiger partial charge on any atom is -0.448 e. The van der Waals surface area contributed by atoms with Crippen molar-refractivity contribution in [3.05, 3.63) is 59.9 Å². The van der Waals surface area contributed by atoms with Gasteiger partial charge >= 0.3 is 0 Å². The van der Waals surface area contributed by atoms with E-state index in [-0.39, 0.29) is 5.91 Å². The highest BCUT2D eigenvalue weighted by Crippen LogP contribution is 2.26. The van der Waals surface area contributed by atoms with Crippen molar-refractivity contribution in [2.45, 2.75) is 19.8 Å². The molecule has 0 N–H and O–H groups in total. The lowest BCUT2D eigenvalue weighted by atomic mass is 9.96. The van der Waals surface area contributed by atoms with Crippen LogP contribution < -0.4 is 0 Å². The molecule has 2 aromatic heterocycles. The molecule has 0 aliphatic carbocycles. The number of rotatable bonds is 3. The summed E-state index contributed by atoms with van der Waals surface area (Å²) >= 11 is 0. The molecule has 0 bridgehead atoms. The minimum atomic E-state index is -0.0334. The van der Waals surface area contributed by atoms with Crippen LogP contribution in [-0.2, 0) is 6.42 Å². The Kier molecular flexibility index (Phi) is 3.76. The smallest absolute Gasteiger partial charge is 0.275 e. The van der Waals surface area contributed by atoms with Gasteiger partial charge in [0.25, 0.3) is 5.91 Å². The Morgan fingerprint density at radius 2 is 2.25 bits per heavy atom. The zero-order valence-corrected chi connectivity index (χ0v) is 13.6. The Bertz CT molecular complexity index is 882. The summed E-state index contributed by atoms with van der Waals surface area (Å²) in [6.45, 7) is 3.29. The molecule has 1 saturated heterocycles. The van der Waals surface area contributed by atoms with Gasteiger partial charge in [0.2, 0.25) is 0 Å². The number of carbonyl (C=O) groups excluding carboxylic acids is 1. The Labute approximate surface area is 140 Å². The van der Waals surface area contributed by atoms with Gasteiger partial charge in [-0.05, 0) is 36.5 Å². The molecule has 0 unspecified atom stereocenters. The van der Waals surface area contributed by atoms with Crippen LogP contribution in [-0.4, -0.2) is 33.9 Å². The summed E-state index contributed by atoms with van der Waals surface area (Å²) in [4.78, 5) is 22.9. The van der Waals surface area contributed by atoms with Gasteiger partial charge in [-0.1, -0.05) is 18.2 Å². The molecule has 3 heterocycles. The van der Waals surface area contributed by atoms with Gasteiger partial charge in [-0.2, -0.15) is 0 Å². The molecule has 1 amide bonds. The number of amides is 1. The van der Waals surface area contributed by atoms with Crippen LogP contribution in [0.25, 0.3) is 10.9 Å². The van der Waals surface area contributed by atoms with Crippen LogP contribution in [0.15, 0.2) is 47.2 Å². The topological polar surface area (TPSA) is 59.2 Å². The molecular weight excluding hydrogens is 302 g/mol. The summed E-state index contributed by atoms with van der Waals surface area (Å²) in [6.07, 6.45) is 5.24. The van der Waals surface area contributed by atoms with Gasteiger partial charge in [-0.3, -0.25) is 9.78 Å². The largest absolute Gasteiger partial charge is 0.448 e. The van der Waals surface area contributed by atoms with E-state index in [0.717, 1.165) is 31.4 Å². The van der Waals surface area contributed by atoms with E-state index in [0.29, 0.717) is 17.5 Å². The fourth-order valence-electron chi connectivity index (χ4n) is 3.46. The molecule has 5 nitrogen and oxygen atoms in total. The summed E-state index contributed by atoms with van der Waals surface area (Å²) < 4.78 is 5.15. The van der Waals surface area contributed by atoms with E-state index in [1.54, 1.807) is 6.92 Å². The highest BCUT2D eigenvalue weighted by atomic mass is 16.3. The number of pyridine rings is 1. The van der Waals surface area contributed by atoms with Gasteiger partial charge in [0.1, 0.15) is 6.26 Å². The highest BCUT2D eigenvalue weighted by Gasteiger charge is 2.28. The van der Waals surface area contributed by atoms with Crippen molar-refractivity contribution >= 4 is 16.8 Å². The number of aromatic nitrogens is 2. The molecule has 1 aromatic carbocycles. The predicted molar refractivity (Wildman–Crippen MR) is 90.7 cm³/mol. The van der Waals surface area contributed by atoms with E-state index < -0.39 is 0 Å². The van der Waals surface area contributed by atoms with Crippen molar-refractivity contribution in [3.63, 3.8) is 0 Å². The van der Waals surface area contributed by atoms with E-state index in [2.05, 4.69) is 28.2 Å². The van der Waals surface area contributed by atoms with Gasteiger partial charge < -0.3 is 9.32 Å². The standard InChI is InChI=1S/C19H19N3O2/c1-13-21-18(12-24-13)19(23)22-9-7-14(11-22)10-15-4-2-6-17-16(15)5-3-8-20-17/h2-6,8,12,14H,7,9-11H2,1H3/t14-/m1/s1. The summed E-state index contributed by atoms with van der Waals surface area (Å²) in [7, 11) is 0. The fourth-order valence-corrected chi connectivity index (χ4v) is 3.46. The molecule has 1 aliphatic rings. The Balaban J connectivity index is 1.48. The van der Waals surface area contributed by atoms with Crippen LogP contribution >= 0.6 is 0 Å². The maximum Gasteiger partial charge on any atom is 0.275 e. The van der Waals surface area contributed by atoms with Gasteiger partial charge in [0.05, 0.1) is 5.52 Å². The third kappa shape index (κ3) is 2.77. The number of hydrogen-bond donors (Lipinski definition) is 0. The number of fused-ring (bicyclic) bond motifs is 1. The second kappa shape index (κ2) is 6.07. The first-order valence-corrected chi connectivity index (χ1v) is 8.25. The molecule has 5 heteroatoms. The van der Waals surface area contributed by atoms with Crippen molar-refractivity contribution < 1.29 is 9.21 Å². The molecule has 24 heavy (non-hydrogen) atoms. The molecule has 0 saturated carbocycles. The number of nitrogens with zero attached hydrogens (tertiary/aromatic N) is 3. The van der Waals surface area contributed by atoms with Crippen molar-refractivity contribution in [1.82, 2.24) is 14.9 Å². The van der Waals surface area contributed by atoms with Crippen molar-refractivity contribution in [1.29, 1.82) is 0 Å². The Morgan fingerprint density at radius 1 is 1.33 bits per heavy atom. The molecule has 3 aromatic rings. The lowest BCUT2D eigenvalue weighted by molar-refractivity contribution is 0.0781. The van der Waals surface area contributed by atoms with E-state index in [4.69, 9.17) is 4.42 Å². The minimum absolute atomic E-state index is 0.0334. The van der Waals surface area contributed by atoms with Crippen molar-refractivity contribution in [2.24, 2.45) is 5.92 Å². The molecule has 0 spiro atoms. The molecule has 1 fully saturated rings. The van der Waals surface area contributed by atoms with E-state index in [1.807, 2.05) is 23.2 Å². The zero-order chi connectivity index (χ0) is 16.5. The van der Waals surface area contributed by atoms with Crippen LogP contribution in [0.5, 0.6) is 0 Å². The predicted octanol–water partition coefficient (Wildman–Crippen LogP) is 3.24. The van der Waals surface area contributed by atoms with Gasteiger partial charge in [0, 0.05) is 31.6 Å². The second-order valence-electron chi connectivity index (χ2n) is 6.35. The van der Waals surface area contributed by atoms with Gasteiger partial charge in [0.15, 0.2) is 11.6 Å². The van der Waals surface area contributed by atoms with Crippen LogP contribution in [0.4, 0.5) is 0 Å². The first-order valence-electron chi connectivity index (χ1n) is 8.25. The normalized spacial score (nSPS) is 17.5. The molecule has 1 atom stereocenters. The summed E-state index contributed by atoms with van der Waals surface area (Å²) in [5, 5.41) is 1.21. The number of oxazole rings is 1. The third-order valence-corrected chi connectivity index (χ3v) is 4.66. The number of hydrogen-bond acceptors (Lipinski definition) is 4. The second-order valence-corrected chi connectivity index (χ2v) is 6.35. The lowest BCUT2D eigenvalue weighted by Gasteiger charge is -2.15. The quantitative estimate of drug-likeness (QED) is 0.743. The summed E-state index contributed by atoms with van der Waals surface area (Å²) in [5.41, 5.74) is 2.73. The monoisotopic (exact) mass is 321 g/mol. The molecular formula is C19H19N3O2. The SMILES string of the molecule is Cc1nc(C(=O)N2CC[C@H](Cc3cccc4ncccc34)C2)co1. The van der Waals surface area contributed by atoms with Crippen molar-refractivity contribution in [3.8, 4) is 0 Å². The molecule has 122 valence electrons. The maximum atomic E-state index is 12.5. The van der Waals surface area contributed by atoms with Crippen LogP contribution in [0.2, 0.25) is 0 Å². The average Bonchev–Trinajstić information content (AvgIpc) is 3.24. The van der Waals surface area contributed by atoms with Crippen LogP contribution in [0.1, 0.15) is 28.4 Å². The average molecular weight is 321 g/mol. The van der Waals surface area contributed by atoms with E-state index in [1.165, 1.54) is 17.2 Å². The molecule has 0 radical (unpaired) electrons. The van der Waals surface area contributed by atoms with Crippen LogP contribution in [0, 0.1) is 12.8 Å². The van der Waals surface area contributed by atoms with Gasteiger partial charge in [-0.25, -0.2) is 4.98 Å².